The first-order valence-electron chi connectivity index (χ1n) is 2.99. The lowest BCUT2D eigenvalue weighted by atomic mass is 10.5. The van der Waals surface area contributed by atoms with Crippen molar-refractivity contribution < 1.29 is 9.09 Å². The molecule has 2 nitrogen and oxygen atoms in total. The Labute approximate surface area is 49.7 Å². The molecule has 1 saturated heterocycles. The van der Waals surface area contributed by atoms with Crippen LogP contribution in [0.15, 0.2) is 0 Å². The molecule has 0 radical (unpaired) electrons. The van der Waals surface area contributed by atoms with Crippen LogP contribution in [-0.4, -0.2) is 18.9 Å². The molecule has 0 saturated carbocycles. The maximum atomic E-state index is 11.2. The minimum absolute atomic E-state index is 0.713. The van der Waals surface area contributed by atoms with Gasteiger partial charge in [-0.1, -0.05) is 6.92 Å². The first kappa shape index (κ1) is 6.31. The molecule has 1 unspecified atom stereocenters. The van der Waals surface area contributed by atoms with Crippen molar-refractivity contribution in [1.29, 1.82) is 0 Å². The second kappa shape index (κ2) is 2.20. The third-order valence-electron chi connectivity index (χ3n) is 1.45. The van der Waals surface area contributed by atoms with Gasteiger partial charge >= 0.3 is 0 Å². The summed E-state index contributed by atoms with van der Waals surface area (Å²) in [6.45, 7) is 2.64. The van der Waals surface area contributed by atoms with Gasteiger partial charge in [-0.15, -0.1) is 0 Å². The summed E-state index contributed by atoms with van der Waals surface area (Å²) in [5.74, 6) is 0. The maximum absolute atomic E-state index is 11.2. The quantitative estimate of drug-likeness (QED) is 0.510. The molecule has 1 aliphatic rings. The van der Waals surface area contributed by atoms with E-state index in [1.54, 1.807) is 0 Å². The Morgan fingerprint density at radius 3 is 2.75 bits per heavy atom. The molecular formula is C5H11O2P. The summed E-state index contributed by atoms with van der Waals surface area (Å²) in [7, 11) is -2.05. The molecule has 48 valence electrons. The average Bonchev–Trinajstić information content (AvgIpc) is 2.17. The van der Waals surface area contributed by atoms with E-state index in [2.05, 4.69) is 0 Å². The van der Waals surface area contributed by atoms with Crippen LogP contribution in [0.4, 0.5) is 0 Å². The van der Waals surface area contributed by atoms with Crippen LogP contribution in [0.25, 0.3) is 0 Å². The highest BCUT2D eigenvalue weighted by Gasteiger charge is 2.24. The first-order valence-corrected chi connectivity index (χ1v) is 4.99. The monoisotopic (exact) mass is 134 g/mol. The molecule has 1 heterocycles. The molecule has 0 amide bonds. The summed E-state index contributed by atoms with van der Waals surface area (Å²) >= 11 is 0. The Kier molecular flexibility index (Phi) is 1.74. The molecule has 0 bridgehead atoms. The van der Waals surface area contributed by atoms with E-state index in [1.807, 2.05) is 6.92 Å². The molecule has 1 rings (SSSR count). The van der Waals surface area contributed by atoms with E-state index in [-0.39, 0.29) is 0 Å². The van der Waals surface area contributed by atoms with Crippen molar-refractivity contribution in [1.82, 2.24) is 0 Å². The molecule has 0 aromatic carbocycles. The molecular weight excluding hydrogens is 123 g/mol. The van der Waals surface area contributed by atoms with Gasteiger partial charge in [0, 0.05) is 12.3 Å². The maximum Gasteiger partial charge on any atom is 0.202 e. The second-order valence-electron chi connectivity index (χ2n) is 2.04. The average molecular weight is 134 g/mol. The van der Waals surface area contributed by atoms with Gasteiger partial charge in [-0.2, -0.15) is 0 Å². The van der Waals surface area contributed by atoms with Crippen molar-refractivity contribution in [2.75, 3.05) is 18.9 Å². The van der Waals surface area contributed by atoms with Crippen molar-refractivity contribution in [3.8, 4) is 0 Å². The van der Waals surface area contributed by atoms with Gasteiger partial charge in [0.2, 0.25) is 7.37 Å². The summed E-state index contributed by atoms with van der Waals surface area (Å²) in [5.41, 5.74) is 0. The fourth-order valence-electron chi connectivity index (χ4n) is 0.850. The molecule has 0 aromatic rings. The molecule has 1 aliphatic heterocycles. The van der Waals surface area contributed by atoms with Crippen molar-refractivity contribution in [3.05, 3.63) is 0 Å². The molecule has 1 fully saturated rings. The van der Waals surface area contributed by atoms with Gasteiger partial charge in [-0.05, 0) is 6.42 Å². The van der Waals surface area contributed by atoms with Crippen LogP contribution in [-0.2, 0) is 9.09 Å². The van der Waals surface area contributed by atoms with E-state index < -0.39 is 7.37 Å². The van der Waals surface area contributed by atoms with Crippen molar-refractivity contribution >= 4 is 7.37 Å². The lowest BCUT2D eigenvalue weighted by Crippen LogP contribution is -1.83. The zero-order chi connectivity index (χ0) is 6.04. The molecule has 8 heavy (non-hydrogen) atoms. The Morgan fingerprint density at radius 1 is 1.75 bits per heavy atom. The highest BCUT2D eigenvalue weighted by Crippen LogP contribution is 2.50. The van der Waals surface area contributed by atoms with E-state index in [0.717, 1.165) is 12.6 Å². The summed E-state index contributed by atoms with van der Waals surface area (Å²) in [5, 5.41) is 0. The molecule has 0 spiro atoms. The summed E-state index contributed by atoms with van der Waals surface area (Å²) in [4.78, 5) is 0. The predicted octanol–water partition coefficient (Wildman–Crippen LogP) is 1.70. The zero-order valence-electron chi connectivity index (χ0n) is 5.09. The third-order valence-corrected chi connectivity index (χ3v) is 4.07. The largest absolute Gasteiger partial charge is 0.328 e. The molecule has 0 aliphatic carbocycles. The summed E-state index contributed by atoms with van der Waals surface area (Å²) in [6, 6.07) is 0. The summed E-state index contributed by atoms with van der Waals surface area (Å²) in [6.07, 6.45) is 2.52. The van der Waals surface area contributed by atoms with Crippen LogP contribution in [0, 0.1) is 0 Å². The minimum atomic E-state index is -2.05. The number of hydrogen-bond donors (Lipinski definition) is 0. The Morgan fingerprint density at radius 2 is 2.50 bits per heavy atom. The third kappa shape index (κ3) is 1.12. The van der Waals surface area contributed by atoms with Crippen LogP contribution in [0.2, 0.25) is 0 Å². The van der Waals surface area contributed by atoms with Gasteiger partial charge in [0.05, 0.1) is 6.61 Å². The Balaban J connectivity index is 2.53. The molecule has 1 atom stereocenters. The van der Waals surface area contributed by atoms with E-state index in [9.17, 15) is 4.57 Å². The standard InChI is InChI=1S/C5H11O2P/c1-2-8(6)5-3-4-7-8/h2-5H2,1H3. The van der Waals surface area contributed by atoms with Crippen LogP contribution >= 0.6 is 7.37 Å². The van der Waals surface area contributed by atoms with E-state index in [4.69, 9.17) is 4.52 Å². The van der Waals surface area contributed by atoms with Crippen LogP contribution in [0.1, 0.15) is 13.3 Å². The highest BCUT2D eigenvalue weighted by molar-refractivity contribution is 7.59. The fraction of sp³-hybridized carbons (Fsp3) is 1.00. The van der Waals surface area contributed by atoms with Crippen LogP contribution in [0.5, 0.6) is 0 Å². The van der Waals surface area contributed by atoms with Gasteiger partial charge in [-0.25, -0.2) is 0 Å². The summed E-state index contributed by atoms with van der Waals surface area (Å²) < 4.78 is 16.2. The van der Waals surface area contributed by atoms with E-state index in [0.29, 0.717) is 12.8 Å². The van der Waals surface area contributed by atoms with E-state index >= 15 is 0 Å². The van der Waals surface area contributed by atoms with E-state index in [1.165, 1.54) is 0 Å². The molecule has 3 heteroatoms. The van der Waals surface area contributed by atoms with Crippen LogP contribution < -0.4 is 0 Å². The Bertz CT molecular complexity index is 112. The van der Waals surface area contributed by atoms with Crippen molar-refractivity contribution in [2.45, 2.75) is 13.3 Å². The molecule has 0 aromatic heterocycles. The van der Waals surface area contributed by atoms with Gasteiger partial charge < -0.3 is 4.52 Å². The van der Waals surface area contributed by atoms with Crippen molar-refractivity contribution in [2.24, 2.45) is 0 Å². The predicted molar refractivity (Wildman–Crippen MR) is 33.6 cm³/mol. The number of rotatable bonds is 1. The van der Waals surface area contributed by atoms with Gasteiger partial charge in [0.15, 0.2) is 0 Å². The highest BCUT2D eigenvalue weighted by atomic mass is 31.2. The van der Waals surface area contributed by atoms with Gasteiger partial charge in [0.25, 0.3) is 0 Å². The first-order chi connectivity index (χ1) is 3.77. The van der Waals surface area contributed by atoms with Crippen molar-refractivity contribution in [3.63, 3.8) is 0 Å². The van der Waals surface area contributed by atoms with Gasteiger partial charge in [0.1, 0.15) is 0 Å². The second-order valence-corrected chi connectivity index (χ2v) is 5.01. The smallest absolute Gasteiger partial charge is 0.202 e. The SMILES string of the molecule is CCP1(=O)CCCO1. The minimum Gasteiger partial charge on any atom is -0.328 e. The lowest BCUT2D eigenvalue weighted by Gasteiger charge is -2.04. The molecule has 0 N–H and O–H groups in total. The normalized spacial score (nSPS) is 38.1. The lowest BCUT2D eigenvalue weighted by molar-refractivity contribution is 0.351. The topological polar surface area (TPSA) is 26.3 Å². The van der Waals surface area contributed by atoms with Gasteiger partial charge in [-0.3, -0.25) is 4.57 Å². The zero-order valence-corrected chi connectivity index (χ0v) is 5.99. The number of hydrogen-bond acceptors (Lipinski definition) is 2. The van der Waals surface area contributed by atoms with Crippen LogP contribution in [0.3, 0.4) is 0 Å². The Hall–Kier alpha value is 0.190. The fourth-order valence-corrected chi connectivity index (χ4v) is 2.55.